The zero-order chi connectivity index (χ0) is 20.6. The van der Waals surface area contributed by atoms with Crippen LogP contribution in [0.1, 0.15) is 26.9 Å². The molecule has 1 aliphatic heterocycles. The maximum Gasteiger partial charge on any atom is 0.338 e. The Morgan fingerprint density at radius 2 is 2.00 bits per heavy atom. The summed E-state index contributed by atoms with van der Waals surface area (Å²) in [4.78, 5) is 14.6. The standard InChI is InChI=1S/C23H28N2O3S/c1-17-15-20(23(26)28-14-13-27-12-11-24-3)9-10-21(17)25-18(2)16-29-22(25)19-7-5-4-6-8-19/h4-10,15,22,24H,2,11-14,16H2,1,3H3. The van der Waals surface area contributed by atoms with E-state index in [0.29, 0.717) is 18.8 Å². The number of aryl methyl sites for hydroxylation is 1. The predicted molar refractivity (Wildman–Crippen MR) is 119 cm³/mol. The lowest BCUT2D eigenvalue weighted by molar-refractivity contribution is 0.0323. The first-order valence-electron chi connectivity index (χ1n) is 9.75. The Kier molecular flexibility index (Phi) is 7.75. The summed E-state index contributed by atoms with van der Waals surface area (Å²) in [6, 6.07) is 16.1. The molecule has 1 heterocycles. The number of hydrogen-bond acceptors (Lipinski definition) is 6. The van der Waals surface area contributed by atoms with Crippen molar-refractivity contribution in [2.24, 2.45) is 0 Å². The zero-order valence-corrected chi connectivity index (χ0v) is 17.8. The van der Waals surface area contributed by atoms with Crippen molar-refractivity contribution in [1.82, 2.24) is 5.32 Å². The molecule has 0 radical (unpaired) electrons. The Morgan fingerprint density at radius 1 is 1.21 bits per heavy atom. The number of ether oxygens (including phenoxy) is 2. The average Bonchev–Trinajstić information content (AvgIpc) is 3.12. The molecular weight excluding hydrogens is 384 g/mol. The Labute approximate surface area is 177 Å². The van der Waals surface area contributed by atoms with Gasteiger partial charge in [0.05, 0.1) is 18.8 Å². The maximum atomic E-state index is 12.3. The van der Waals surface area contributed by atoms with Gasteiger partial charge >= 0.3 is 5.97 Å². The predicted octanol–water partition coefficient (Wildman–Crippen LogP) is 4.15. The molecular formula is C23H28N2O3S. The second-order valence-corrected chi connectivity index (χ2v) is 7.93. The van der Waals surface area contributed by atoms with E-state index < -0.39 is 0 Å². The summed E-state index contributed by atoms with van der Waals surface area (Å²) in [5, 5.41) is 3.19. The van der Waals surface area contributed by atoms with Crippen LogP contribution in [0.15, 0.2) is 60.8 Å². The molecule has 1 unspecified atom stereocenters. The molecule has 154 valence electrons. The highest BCUT2D eigenvalue weighted by Crippen LogP contribution is 2.46. The fourth-order valence-electron chi connectivity index (χ4n) is 3.25. The monoisotopic (exact) mass is 412 g/mol. The van der Waals surface area contributed by atoms with Crippen LogP contribution in [0.2, 0.25) is 0 Å². The molecule has 0 amide bonds. The molecule has 3 rings (SSSR count). The minimum Gasteiger partial charge on any atom is -0.460 e. The second-order valence-electron chi connectivity index (χ2n) is 6.86. The first-order chi connectivity index (χ1) is 14.1. The number of thioether (sulfide) groups is 1. The number of rotatable bonds is 9. The van der Waals surface area contributed by atoms with Gasteiger partial charge in [-0.05, 0) is 43.3 Å². The summed E-state index contributed by atoms with van der Waals surface area (Å²) in [5.41, 5.74) is 4.96. The third kappa shape index (κ3) is 5.41. The zero-order valence-electron chi connectivity index (χ0n) is 17.0. The molecule has 2 aromatic carbocycles. The van der Waals surface area contributed by atoms with Gasteiger partial charge in [0.25, 0.3) is 0 Å². The number of anilines is 1. The summed E-state index contributed by atoms with van der Waals surface area (Å²) in [6.45, 7) is 8.29. The minimum absolute atomic E-state index is 0.190. The first-order valence-corrected chi connectivity index (χ1v) is 10.8. The van der Waals surface area contributed by atoms with Gasteiger partial charge in [0.2, 0.25) is 0 Å². The van der Waals surface area contributed by atoms with Gasteiger partial charge in [-0.15, -0.1) is 11.8 Å². The quantitative estimate of drug-likeness (QED) is 0.493. The molecule has 0 aliphatic carbocycles. The summed E-state index contributed by atoms with van der Waals surface area (Å²) < 4.78 is 10.7. The van der Waals surface area contributed by atoms with Crippen LogP contribution in [0.25, 0.3) is 0 Å². The summed E-state index contributed by atoms with van der Waals surface area (Å²) in [5.74, 6) is 0.558. The van der Waals surface area contributed by atoms with Crippen LogP contribution < -0.4 is 10.2 Å². The molecule has 0 bridgehead atoms. The SMILES string of the molecule is C=C1CSC(c2ccccc2)N1c1ccc(C(=O)OCCOCCNC)cc1C. The van der Waals surface area contributed by atoms with Gasteiger partial charge in [-0.2, -0.15) is 0 Å². The van der Waals surface area contributed by atoms with E-state index in [2.05, 4.69) is 41.1 Å². The van der Waals surface area contributed by atoms with E-state index in [9.17, 15) is 4.79 Å². The number of benzene rings is 2. The lowest BCUT2D eigenvalue weighted by Gasteiger charge is -2.28. The van der Waals surface area contributed by atoms with E-state index in [-0.39, 0.29) is 18.0 Å². The number of likely N-dealkylation sites (N-methyl/N-ethyl adjacent to an activating group) is 1. The van der Waals surface area contributed by atoms with Gasteiger partial charge < -0.3 is 19.7 Å². The van der Waals surface area contributed by atoms with Crippen LogP contribution in [0, 0.1) is 6.92 Å². The largest absolute Gasteiger partial charge is 0.460 e. The summed E-state index contributed by atoms with van der Waals surface area (Å²) in [6.07, 6.45) is 0. The molecule has 0 spiro atoms. The van der Waals surface area contributed by atoms with Crippen molar-refractivity contribution in [3.05, 3.63) is 77.5 Å². The van der Waals surface area contributed by atoms with Crippen LogP contribution in [-0.2, 0) is 9.47 Å². The molecule has 5 nitrogen and oxygen atoms in total. The van der Waals surface area contributed by atoms with E-state index in [1.54, 1.807) is 0 Å². The van der Waals surface area contributed by atoms with Crippen molar-refractivity contribution in [3.63, 3.8) is 0 Å². The van der Waals surface area contributed by atoms with E-state index in [4.69, 9.17) is 9.47 Å². The highest BCUT2D eigenvalue weighted by atomic mass is 32.2. The van der Waals surface area contributed by atoms with E-state index in [0.717, 1.165) is 29.2 Å². The lowest BCUT2D eigenvalue weighted by atomic mass is 10.1. The molecule has 1 saturated heterocycles. The highest BCUT2D eigenvalue weighted by Gasteiger charge is 2.31. The molecule has 29 heavy (non-hydrogen) atoms. The van der Waals surface area contributed by atoms with Crippen molar-refractivity contribution >= 4 is 23.4 Å². The van der Waals surface area contributed by atoms with Crippen molar-refractivity contribution in [1.29, 1.82) is 0 Å². The molecule has 1 aliphatic rings. The lowest BCUT2D eigenvalue weighted by Crippen LogP contribution is -2.21. The van der Waals surface area contributed by atoms with Gasteiger partial charge in [0.15, 0.2) is 0 Å². The molecule has 1 atom stereocenters. The van der Waals surface area contributed by atoms with Crippen LogP contribution in [0.3, 0.4) is 0 Å². The van der Waals surface area contributed by atoms with E-state index >= 15 is 0 Å². The summed E-state index contributed by atoms with van der Waals surface area (Å²) in [7, 11) is 1.87. The highest BCUT2D eigenvalue weighted by molar-refractivity contribution is 8.00. The number of esters is 1. The van der Waals surface area contributed by atoms with Gasteiger partial charge in [-0.1, -0.05) is 36.9 Å². The molecule has 0 saturated carbocycles. The first kappa shape index (κ1) is 21.4. The van der Waals surface area contributed by atoms with Crippen molar-refractivity contribution in [2.75, 3.05) is 44.1 Å². The van der Waals surface area contributed by atoms with Gasteiger partial charge in [0.1, 0.15) is 12.0 Å². The molecule has 6 heteroatoms. The second kappa shape index (κ2) is 10.5. The minimum atomic E-state index is -0.328. The van der Waals surface area contributed by atoms with Gasteiger partial charge in [-0.3, -0.25) is 0 Å². The number of hydrogen-bond donors (Lipinski definition) is 1. The van der Waals surface area contributed by atoms with Crippen LogP contribution in [0.4, 0.5) is 5.69 Å². The fraction of sp³-hybridized carbons (Fsp3) is 0.348. The Balaban J connectivity index is 1.67. The Hall–Kier alpha value is -2.28. The van der Waals surface area contributed by atoms with E-state index in [1.807, 2.05) is 50.0 Å². The van der Waals surface area contributed by atoms with Crippen LogP contribution in [-0.4, -0.2) is 45.1 Å². The summed E-state index contributed by atoms with van der Waals surface area (Å²) >= 11 is 1.86. The van der Waals surface area contributed by atoms with Crippen molar-refractivity contribution < 1.29 is 14.3 Å². The molecule has 1 N–H and O–H groups in total. The Morgan fingerprint density at radius 3 is 2.72 bits per heavy atom. The van der Waals surface area contributed by atoms with Gasteiger partial charge in [-0.25, -0.2) is 4.79 Å². The topological polar surface area (TPSA) is 50.8 Å². The smallest absolute Gasteiger partial charge is 0.338 e. The van der Waals surface area contributed by atoms with Crippen LogP contribution >= 0.6 is 11.8 Å². The normalized spacial score (nSPS) is 16.3. The molecule has 2 aromatic rings. The third-order valence-electron chi connectivity index (χ3n) is 4.72. The average molecular weight is 413 g/mol. The Bertz CT molecular complexity index is 841. The third-order valence-corrected chi connectivity index (χ3v) is 6.02. The fourth-order valence-corrected chi connectivity index (χ4v) is 4.50. The maximum absolute atomic E-state index is 12.3. The van der Waals surface area contributed by atoms with E-state index in [1.165, 1.54) is 5.56 Å². The van der Waals surface area contributed by atoms with Crippen molar-refractivity contribution in [2.45, 2.75) is 12.3 Å². The molecule has 1 fully saturated rings. The number of nitrogens with zero attached hydrogens (tertiary/aromatic N) is 1. The number of nitrogens with one attached hydrogen (secondary N) is 1. The van der Waals surface area contributed by atoms with Crippen molar-refractivity contribution in [3.8, 4) is 0 Å². The van der Waals surface area contributed by atoms with Crippen LogP contribution in [0.5, 0.6) is 0 Å². The van der Waals surface area contributed by atoms with Gasteiger partial charge in [0, 0.05) is 23.7 Å². The molecule has 0 aromatic heterocycles. The number of carbonyl (C=O) groups excluding carboxylic acids is 1. The number of carbonyl (C=O) groups is 1.